The fourth-order valence-corrected chi connectivity index (χ4v) is 3.37. The molecule has 0 spiro atoms. The zero-order valence-corrected chi connectivity index (χ0v) is 16.4. The van der Waals surface area contributed by atoms with Gasteiger partial charge in [-0.25, -0.2) is 0 Å². The summed E-state index contributed by atoms with van der Waals surface area (Å²) in [6.45, 7) is 1.22. The van der Waals surface area contributed by atoms with Gasteiger partial charge < -0.3 is 19.7 Å². The molecule has 0 aromatic heterocycles. The maximum Gasteiger partial charge on any atom is 0.306 e. The van der Waals surface area contributed by atoms with E-state index in [-0.39, 0.29) is 43.7 Å². The average molecular weight is 403 g/mol. The Morgan fingerprint density at radius 1 is 1.14 bits per heavy atom. The predicted octanol–water partition coefficient (Wildman–Crippen LogP) is 1.32. The molecule has 9 nitrogen and oxygen atoms in total. The van der Waals surface area contributed by atoms with Crippen LogP contribution in [-0.4, -0.2) is 61.9 Å². The van der Waals surface area contributed by atoms with Gasteiger partial charge in [-0.1, -0.05) is 0 Å². The highest BCUT2D eigenvalue weighted by molar-refractivity contribution is 6.03. The van der Waals surface area contributed by atoms with Crippen LogP contribution in [0, 0.1) is 0 Å². The Bertz CT molecular complexity index is 803. The lowest BCUT2D eigenvalue weighted by molar-refractivity contribution is -0.141. The summed E-state index contributed by atoms with van der Waals surface area (Å²) in [6, 6.07) is 4.90. The average Bonchev–Trinajstić information content (AvgIpc) is 2.74. The SMILES string of the molecule is COC(=O)CCC(=O)Nc1ccc2c(c1)N(CC(=O)N1CCCCC1)C(=O)CO2. The van der Waals surface area contributed by atoms with Gasteiger partial charge >= 0.3 is 5.97 Å². The number of amides is 3. The number of hydrogen-bond donors (Lipinski definition) is 1. The van der Waals surface area contributed by atoms with Crippen LogP contribution in [0.25, 0.3) is 0 Å². The molecule has 1 aromatic carbocycles. The van der Waals surface area contributed by atoms with Crippen LogP contribution in [-0.2, 0) is 23.9 Å². The van der Waals surface area contributed by atoms with E-state index < -0.39 is 5.97 Å². The first-order chi connectivity index (χ1) is 14.0. The third kappa shape index (κ3) is 5.24. The number of ether oxygens (including phenoxy) is 2. The zero-order chi connectivity index (χ0) is 20.8. The van der Waals surface area contributed by atoms with Gasteiger partial charge in [0.25, 0.3) is 5.91 Å². The lowest BCUT2D eigenvalue weighted by atomic mass is 10.1. The summed E-state index contributed by atoms with van der Waals surface area (Å²) in [5, 5.41) is 2.69. The molecule has 0 saturated carbocycles. The number of methoxy groups -OCH3 is 1. The van der Waals surface area contributed by atoms with Crippen molar-refractivity contribution in [2.75, 3.05) is 43.6 Å². The van der Waals surface area contributed by atoms with E-state index in [0.29, 0.717) is 30.2 Å². The Kier molecular flexibility index (Phi) is 6.69. The van der Waals surface area contributed by atoms with Crippen LogP contribution in [0.1, 0.15) is 32.1 Å². The van der Waals surface area contributed by atoms with E-state index in [0.717, 1.165) is 19.3 Å². The quantitative estimate of drug-likeness (QED) is 0.718. The van der Waals surface area contributed by atoms with Gasteiger partial charge in [-0.15, -0.1) is 0 Å². The summed E-state index contributed by atoms with van der Waals surface area (Å²) < 4.78 is 9.98. The summed E-state index contributed by atoms with van der Waals surface area (Å²) in [6.07, 6.45) is 3.02. The van der Waals surface area contributed by atoms with Crippen LogP contribution < -0.4 is 15.0 Å². The third-order valence-corrected chi connectivity index (χ3v) is 4.97. The molecule has 1 saturated heterocycles. The predicted molar refractivity (Wildman–Crippen MR) is 105 cm³/mol. The molecule has 3 amide bonds. The van der Waals surface area contributed by atoms with Gasteiger partial charge in [0.05, 0.1) is 19.2 Å². The van der Waals surface area contributed by atoms with Crippen LogP contribution in [0.5, 0.6) is 5.75 Å². The van der Waals surface area contributed by atoms with Crippen LogP contribution >= 0.6 is 0 Å². The van der Waals surface area contributed by atoms with Crippen molar-refractivity contribution >= 4 is 35.1 Å². The number of carbonyl (C=O) groups is 4. The molecule has 0 unspecified atom stereocenters. The smallest absolute Gasteiger partial charge is 0.306 e. The number of carbonyl (C=O) groups excluding carboxylic acids is 4. The monoisotopic (exact) mass is 403 g/mol. The van der Waals surface area contributed by atoms with E-state index >= 15 is 0 Å². The Hall–Kier alpha value is -3.10. The van der Waals surface area contributed by atoms with Crippen molar-refractivity contribution in [3.63, 3.8) is 0 Å². The second-order valence-electron chi connectivity index (χ2n) is 7.02. The van der Waals surface area contributed by atoms with E-state index in [1.54, 1.807) is 23.1 Å². The van der Waals surface area contributed by atoms with Gasteiger partial charge in [-0.05, 0) is 37.5 Å². The molecule has 0 aliphatic carbocycles. The third-order valence-electron chi connectivity index (χ3n) is 4.97. The minimum atomic E-state index is -0.466. The maximum atomic E-state index is 12.6. The lowest BCUT2D eigenvalue weighted by Crippen LogP contribution is -2.47. The van der Waals surface area contributed by atoms with Crippen molar-refractivity contribution < 1.29 is 28.7 Å². The van der Waals surface area contributed by atoms with E-state index in [1.165, 1.54) is 12.0 Å². The minimum absolute atomic E-state index is 0.0175. The van der Waals surface area contributed by atoms with E-state index in [4.69, 9.17) is 4.74 Å². The molecule has 29 heavy (non-hydrogen) atoms. The van der Waals surface area contributed by atoms with Crippen molar-refractivity contribution in [1.82, 2.24) is 4.90 Å². The molecule has 3 rings (SSSR count). The van der Waals surface area contributed by atoms with Gasteiger partial charge in [0.15, 0.2) is 6.61 Å². The topological polar surface area (TPSA) is 105 Å². The first-order valence-corrected chi connectivity index (χ1v) is 9.69. The summed E-state index contributed by atoms with van der Waals surface area (Å²) in [5.41, 5.74) is 0.893. The van der Waals surface area contributed by atoms with E-state index in [9.17, 15) is 19.2 Å². The number of rotatable bonds is 6. The molecule has 2 heterocycles. The number of fused-ring (bicyclic) bond motifs is 1. The van der Waals surface area contributed by atoms with Crippen molar-refractivity contribution in [3.8, 4) is 5.75 Å². The van der Waals surface area contributed by atoms with Crippen molar-refractivity contribution in [2.45, 2.75) is 32.1 Å². The number of anilines is 2. The molecule has 0 radical (unpaired) electrons. The molecular formula is C20H25N3O6. The number of likely N-dealkylation sites (tertiary alicyclic amines) is 1. The van der Waals surface area contributed by atoms with Crippen LogP contribution in [0.4, 0.5) is 11.4 Å². The number of nitrogens with one attached hydrogen (secondary N) is 1. The largest absolute Gasteiger partial charge is 0.482 e. The first kappa shape index (κ1) is 20.6. The van der Waals surface area contributed by atoms with Crippen molar-refractivity contribution in [2.24, 2.45) is 0 Å². The molecule has 0 bridgehead atoms. The molecule has 1 aromatic rings. The summed E-state index contributed by atoms with van der Waals surface area (Å²) in [5.74, 6) is -0.750. The molecule has 0 atom stereocenters. The van der Waals surface area contributed by atoms with Gasteiger partial charge in [0.1, 0.15) is 12.3 Å². The fourth-order valence-electron chi connectivity index (χ4n) is 3.37. The number of hydrogen-bond acceptors (Lipinski definition) is 6. The van der Waals surface area contributed by atoms with Gasteiger partial charge in [-0.2, -0.15) is 0 Å². The van der Waals surface area contributed by atoms with E-state index in [1.807, 2.05) is 0 Å². The Balaban J connectivity index is 1.70. The zero-order valence-electron chi connectivity index (χ0n) is 16.4. The van der Waals surface area contributed by atoms with Crippen LogP contribution in [0.3, 0.4) is 0 Å². The van der Waals surface area contributed by atoms with Crippen molar-refractivity contribution in [1.29, 1.82) is 0 Å². The van der Waals surface area contributed by atoms with Gasteiger partial charge in [0.2, 0.25) is 11.8 Å². The Labute approximate surface area is 168 Å². The summed E-state index contributed by atoms with van der Waals surface area (Å²) >= 11 is 0. The lowest BCUT2D eigenvalue weighted by Gasteiger charge is -2.33. The Morgan fingerprint density at radius 2 is 1.90 bits per heavy atom. The standard InChI is InChI=1S/C20H25N3O6/c1-28-20(27)8-7-17(24)21-14-5-6-16-15(11-14)23(19(26)13-29-16)12-18(25)22-9-3-2-4-10-22/h5-6,11H,2-4,7-10,12-13H2,1H3,(H,21,24). The number of piperidine rings is 1. The second kappa shape index (κ2) is 9.40. The number of esters is 1. The normalized spacial score (nSPS) is 16.0. The fraction of sp³-hybridized carbons (Fsp3) is 0.500. The summed E-state index contributed by atoms with van der Waals surface area (Å²) in [4.78, 5) is 51.4. The number of nitrogens with zero attached hydrogens (tertiary/aromatic N) is 2. The molecule has 2 aliphatic heterocycles. The summed E-state index contributed by atoms with van der Waals surface area (Å²) in [7, 11) is 1.26. The van der Waals surface area contributed by atoms with Crippen LogP contribution in [0.2, 0.25) is 0 Å². The molecule has 156 valence electrons. The van der Waals surface area contributed by atoms with Crippen molar-refractivity contribution in [3.05, 3.63) is 18.2 Å². The molecule has 9 heteroatoms. The number of benzene rings is 1. The highest BCUT2D eigenvalue weighted by Gasteiger charge is 2.29. The highest BCUT2D eigenvalue weighted by Crippen LogP contribution is 2.34. The Morgan fingerprint density at radius 3 is 2.62 bits per heavy atom. The molecule has 2 aliphatic rings. The molecular weight excluding hydrogens is 378 g/mol. The molecule has 1 fully saturated rings. The van der Waals surface area contributed by atoms with Gasteiger partial charge in [-0.3, -0.25) is 24.1 Å². The van der Waals surface area contributed by atoms with E-state index in [2.05, 4.69) is 10.1 Å². The first-order valence-electron chi connectivity index (χ1n) is 9.69. The minimum Gasteiger partial charge on any atom is -0.482 e. The maximum absolute atomic E-state index is 12.6. The molecule has 1 N–H and O–H groups in total. The van der Waals surface area contributed by atoms with Gasteiger partial charge in [0, 0.05) is 25.2 Å². The second-order valence-corrected chi connectivity index (χ2v) is 7.02. The van der Waals surface area contributed by atoms with Crippen LogP contribution in [0.15, 0.2) is 18.2 Å². The highest BCUT2D eigenvalue weighted by atomic mass is 16.5.